The molecule has 0 spiro atoms. The van der Waals surface area contributed by atoms with Crippen molar-refractivity contribution < 1.29 is 14.3 Å². The summed E-state index contributed by atoms with van der Waals surface area (Å²) in [6.45, 7) is 12.3. The van der Waals surface area contributed by atoms with Crippen molar-refractivity contribution in [2.75, 3.05) is 26.8 Å². The minimum absolute atomic E-state index is 0.200. The maximum atomic E-state index is 12.3. The van der Waals surface area contributed by atoms with E-state index in [2.05, 4.69) is 19.2 Å². The van der Waals surface area contributed by atoms with Crippen LogP contribution in [0, 0.1) is 5.92 Å². The Kier molecular flexibility index (Phi) is 7.63. The molecule has 1 fully saturated rings. The van der Waals surface area contributed by atoms with E-state index in [0.717, 1.165) is 25.8 Å². The van der Waals surface area contributed by atoms with Crippen molar-refractivity contribution in [2.45, 2.75) is 71.6 Å². The van der Waals surface area contributed by atoms with Crippen LogP contribution < -0.4 is 5.32 Å². The molecule has 5 nitrogen and oxygen atoms in total. The van der Waals surface area contributed by atoms with E-state index >= 15 is 0 Å². The molecule has 130 valence electrons. The van der Waals surface area contributed by atoms with E-state index in [-0.39, 0.29) is 6.09 Å². The van der Waals surface area contributed by atoms with Gasteiger partial charge in [0.25, 0.3) is 0 Å². The lowest BCUT2D eigenvalue weighted by Gasteiger charge is -2.31. The van der Waals surface area contributed by atoms with Crippen molar-refractivity contribution in [1.29, 1.82) is 0 Å². The summed E-state index contributed by atoms with van der Waals surface area (Å²) < 4.78 is 10.8. The molecule has 0 aliphatic carbocycles. The molecule has 0 aromatic rings. The van der Waals surface area contributed by atoms with Crippen molar-refractivity contribution in [1.82, 2.24) is 10.2 Å². The molecule has 2 atom stereocenters. The highest BCUT2D eigenvalue weighted by Gasteiger charge is 2.27. The minimum Gasteiger partial charge on any atom is -0.444 e. The Morgan fingerprint density at radius 3 is 2.55 bits per heavy atom. The normalized spacial score (nSPS) is 21.6. The summed E-state index contributed by atoms with van der Waals surface area (Å²) in [5.41, 5.74) is -0.442. The predicted octanol–water partition coefficient (Wildman–Crippen LogP) is 3.04. The molecule has 5 heteroatoms. The molecule has 1 saturated heterocycles. The second-order valence-corrected chi connectivity index (χ2v) is 7.59. The van der Waals surface area contributed by atoms with Crippen LogP contribution in [0.1, 0.15) is 53.9 Å². The van der Waals surface area contributed by atoms with E-state index in [1.807, 2.05) is 25.7 Å². The summed E-state index contributed by atoms with van der Waals surface area (Å²) in [7, 11) is 1.73. The second-order valence-electron chi connectivity index (χ2n) is 7.59. The number of amides is 1. The molecule has 1 rings (SSSR count). The van der Waals surface area contributed by atoms with Crippen LogP contribution >= 0.6 is 0 Å². The smallest absolute Gasteiger partial charge is 0.410 e. The number of hydrogen-bond acceptors (Lipinski definition) is 4. The Morgan fingerprint density at radius 2 is 2.00 bits per heavy atom. The van der Waals surface area contributed by atoms with Gasteiger partial charge in [0.05, 0.1) is 6.61 Å². The molecule has 22 heavy (non-hydrogen) atoms. The summed E-state index contributed by atoms with van der Waals surface area (Å²) in [5.74, 6) is 0.498. The van der Waals surface area contributed by atoms with Gasteiger partial charge in [0, 0.05) is 32.3 Å². The third-order valence-corrected chi connectivity index (χ3v) is 3.92. The zero-order valence-corrected chi connectivity index (χ0v) is 15.1. The molecule has 1 amide bonds. The number of nitrogens with one attached hydrogen (secondary N) is 1. The van der Waals surface area contributed by atoms with Crippen LogP contribution in [0.3, 0.4) is 0 Å². The van der Waals surface area contributed by atoms with Crippen LogP contribution in [0.15, 0.2) is 0 Å². The van der Waals surface area contributed by atoms with Crippen molar-refractivity contribution in [2.24, 2.45) is 5.92 Å². The molecule has 1 N–H and O–H groups in total. The van der Waals surface area contributed by atoms with Gasteiger partial charge >= 0.3 is 6.09 Å². The van der Waals surface area contributed by atoms with Gasteiger partial charge in [-0.1, -0.05) is 20.3 Å². The van der Waals surface area contributed by atoms with E-state index < -0.39 is 5.60 Å². The van der Waals surface area contributed by atoms with Crippen LogP contribution in [0.5, 0.6) is 0 Å². The summed E-state index contributed by atoms with van der Waals surface area (Å²) in [5, 5.41) is 3.67. The van der Waals surface area contributed by atoms with E-state index in [4.69, 9.17) is 9.47 Å². The summed E-state index contributed by atoms with van der Waals surface area (Å²) >= 11 is 0. The average molecular weight is 314 g/mol. The van der Waals surface area contributed by atoms with Crippen LogP contribution in [0.25, 0.3) is 0 Å². The average Bonchev–Trinajstić information content (AvgIpc) is 2.61. The zero-order chi connectivity index (χ0) is 16.8. The Morgan fingerprint density at radius 1 is 1.32 bits per heavy atom. The fourth-order valence-electron chi connectivity index (χ4n) is 2.69. The quantitative estimate of drug-likeness (QED) is 0.847. The third kappa shape index (κ3) is 6.97. The standard InChI is InChI=1S/C17H34N2O3/c1-13(2)15(12-21-6)18-14-9-7-8-10-19(11-14)16(20)22-17(3,4)5/h13-15,18H,7-12H2,1-6H3. The van der Waals surface area contributed by atoms with Crippen LogP contribution in [-0.2, 0) is 9.47 Å². The lowest BCUT2D eigenvalue weighted by atomic mass is 10.0. The van der Waals surface area contributed by atoms with Crippen molar-refractivity contribution >= 4 is 6.09 Å². The van der Waals surface area contributed by atoms with Gasteiger partial charge in [-0.05, 0) is 39.5 Å². The first-order valence-electron chi connectivity index (χ1n) is 8.46. The molecule has 1 aliphatic heterocycles. The van der Waals surface area contributed by atoms with E-state index in [0.29, 0.717) is 31.2 Å². The largest absolute Gasteiger partial charge is 0.444 e. The van der Waals surface area contributed by atoms with Gasteiger partial charge in [0.2, 0.25) is 0 Å². The van der Waals surface area contributed by atoms with Gasteiger partial charge < -0.3 is 19.7 Å². The van der Waals surface area contributed by atoms with Crippen molar-refractivity contribution in [3.63, 3.8) is 0 Å². The number of hydrogen-bond donors (Lipinski definition) is 1. The maximum Gasteiger partial charge on any atom is 0.410 e. The fraction of sp³-hybridized carbons (Fsp3) is 0.941. The van der Waals surface area contributed by atoms with Crippen LogP contribution in [0.4, 0.5) is 4.79 Å². The number of rotatable bonds is 5. The number of carbonyl (C=O) groups is 1. The van der Waals surface area contributed by atoms with Gasteiger partial charge in [-0.25, -0.2) is 4.79 Å². The fourth-order valence-corrected chi connectivity index (χ4v) is 2.69. The van der Waals surface area contributed by atoms with Crippen molar-refractivity contribution in [3.8, 4) is 0 Å². The molecular formula is C17H34N2O3. The third-order valence-electron chi connectivity index (χ3n) is 3.92. The molecule has 0 radical (unpaired) electrons. The van der Waals surface area contributed by atoms with E-state index in [1.165, 1.54) is 0 Å². The predicted molar refractivity (Wildman–Crippen MR) is 89.1 cm³/mol. The van der Waals surface area contributed by atoms with Gasteiger partial charge in [-0.2, -0.15) is 0 Å². The topological polar surface area (TPSA) is 50.8 Å². The monoisotopic (exact) mass is 314 g/mol. The molecule has 1 aliphatic rings. The van der Waals surface area contributed by atoms with Gasteiger partial charge in [-0.15, -0.1) is 0 Å². The molecule has 0 aromatic heterocycles. The van der Waals surface area contributed by atoms with Crippen LogP contribution in [-0.4, -0.2) is 55.5 Å². The SMILES string of the molecule is COCC(NC1CCCCN(C(=O)OC(C)(C)C)C1)C(C)C. The van der Waals surface area contributed by atoms with Gasteiger partial charge in [0.15, 0.2) is 0 Å². The lowest BCUT2D eigenvalue weighted by molar-refractivity contribution is 0.0237. The molecular weight excluding hydrogens is 280 g/mol. The van der Waals surface area contributed by atoms with E-state index in [1.54, 1.807) is 7.11 Å². The number of likely N-dealkylation sites (tertiary alicyclic amines) is 1. The van der Waals surface area contributed by atoms with Gasteiger partial charge in [0.1, 0.15) is 5.60 Å². The Hall–Kier alpha value is -0.810. The number of ether oxygens (including phenoxy) is 2. The van der Waals surface area contributed by atoms with Crippen molar-refractivity contribution in [3.05, 3.63) is 0 Å². The first kappa shape index (κ1) is 19.2. The highest BCUT2D eigenvalue weighted by atomic mass is 16.6. The first-order chi connectivity index (χ1) is 10.2. The lowest BCUT2D eigenvalue weighted by Crippen LogP contribution is -2.50. The first-order valence-corrected chi connectivity index (χ1v) is 8.46. The number of methoxy groups -OCH3 is 1. The van der Waals surface area contributed by atoms with Crippen LogP contribution in [0.2, 0.25) is 0 Å². The zero-order valence-electron chi connectivity index (χ0n) is 15.1. The molecule has 0 aromatic carbocycles. The molecule has 1 heterocycles. The second kappa shape index (κ2) is 8.73. The Labute approximate surface area is 135 Å². The minimum atomic E-state index is -0.442. The molecule has 2 unspecified atom stereocenters. The van der Waals surface area contributed by atoms with Gasteiger partial charge in [-0.3, -0.25) is 0 Å². The number of nitrogens with zero attached hydrogens (tertiary/aromatic N) is 1. The highest BCUT2D eigenvalue weighted by molar-refractivity contribution is 5.68. The molecule has 0 bridgehead atoms. The highest BCUT2D eigenvalue weighted by Crippen LogP contribution is 2.16. The maximum absolute atomic E-state index is 12.3. The number of carbonyl (C=O) groups excluding carboxylic acids is 1. The summed E-state index contributed by atoms with van der Waals surface area (Å²) in [6, 6.07) is 0.617. The Balaban J connectivity index is 2.63. The summed E-state index contributed by atoms with van der Waals surface area (Å²) in [6.07, 6.45) is 3.06. The Bertz CT molecular complexity index is 339. The van der Waals surface area contributed by atoms with E-state index in [9.17, 15) is 4.79 Å². The molecule has 0 saturated carbocycles. The summed E-state index contributed by atoms with van der Waals surface area (Å²) in [4.78, 5) is 14.2.